The summed E-state index contributed by atoms with van der Waals surface area (Å²) in [7, 11) is 1.63. The standard InChI is InChI=1S/C15H18ClN3O3/c1-10-17-18-15(22-10)14-9-19(5-6-21-14)8-11-3-4-12(20-2)7-13(11)16/h3-4,7,14H,5-6,8-9H2,1-2H3. The first-order valence-corrected chi connectivity index (χ1v) is 7.50. The van der Waals surface area contributed by atoms with E-state index in [-0.39, 0.29) is 6.10 Å². The predicted molar refractivity (Wildman–Crippen MR) is 81.0 cm³/mol. The van der Waals surface area contributed by atoms with Crippen molar-refractivity contribution >= 4 is 11.6 Å². The lowest BCUT2D eigenvalue weighted by Gasteiger charge is -2.31. The molecule has 0 amide bonds. The van der Waals surface area contributed by atoms with Crippen LogP contribution in [0.2, 0.25) is 5.02 Å². The average molecular weight is 324 g/mol. The first kappa shape index (κ1) is 15.3. The van der Waals surface area contributed by atoms with E-state index in [1.165, 1.54) is 0 Å². The molecule has 2 aromatic rings. The van der Waals surface area contributed by atoms with Crippen molar-refractivity contribution in [2.75, 3.05) is 26.8 Å². The number of rotatable bonds is 4. The molecule has 0 aliphatic carbocycles. The summed E-state index contributed by atoms with van der Waals surface area (Å²) in [5, 5.41) is 8.60. The number of halogens is 1. The number of morpholine rings is 1. The summed E-state index contributed by atoms with van der Waals surface area (Å²) in [5.74, 6) is 1.84. The zero-order valence-electron chi connectivity index (χ0n) is 12.6. The maximum Gasteiger partial charge on any atom is 0.246 e. The van der Waals surface area contributed by atoms with Crippen molar-refractivity contribution in [3.05, 3.63) is 40.6 Å². The van der Waals surface area contributed by atoms with E-state index in [9.17, 15) is 0 Å². The van der Waals surface area contributed by atoms with E-state index >= 15 is 0 Å². The van der Waals surface area contributed by atoms with Gasteiger partial charge in [-0.15, -0.1) is 10.2 Å². The van der Waals surface area contributed by atoms with Gasteiger partial charge in [0.05, 0.1) is 13.7 Å². The summed E-state index contributed by atoms with van der Waals surface area (Å²) in [6.45, 7) is 4.68. The molecule has 0 spiro atoms. The second-order valence-electron chi connectivity index (χ2n) is 5.21. The molecule has 6 nitrogen and oxygen atoms in total. The molecule has 118 valence electrons. The van der Waals surface area contributed by atoms with Crippen LogP contribution in [-0.4, -0.2) is 41.9 Å². The fraction of sp³-hybridized carbons (Fsp3) is 0.467. The molecule has 0 N–H and O–H groups in total. The highest BCUT2D eigenvalue weighted by Crippen LogP contribution is 2.26. The van der Waals surface area contributed by atoms with Gasteiger partial charge in [-0.3, -0.25) is 4.90 Å². The lowest BCUT2D eigenvalue weighted by atomic mass is 10.1. The molecule has 3 rings (SSSR count). The predicted octanol–water partition coefficient (Wildman–Crippen LogP) is 2.61. The Morgan fingerprint density at radius 2 is 2.27 bits per heavy atom. The van der Waals surface area contributed by atoms with Gasteiger partial charge in [-0.05, 0) is 17.7 Å². The van der Waals surface area contributed by atoms with Gasteiger partial charge in [0.25, 0.3) is 0 Å². The van der Waals surface area contributed by atoms with Gasteiger partial charge in [-0.25, -0.2) is 0 Å². The Balaban J connectivity index is 1.67. The van der Waals surface area contributed by atoms with Gasteiger partial charge < -0.3 is 13.9 Å². The van der Waals surface area contributed by atoms with Crippen LogP contribution in [0.4, 0.5) is 0 Å². The third-order valence-electron chi connectivity index (χ3n) is 3.62. The molecule has 1 saturated heterocycles. The minimum absolute atomic E-state index is 0.188. The number of methoxy groups -OCH3 is 1. The first-order chi connectivity index (χ1) is 10.7. The van der Waals surface area contributed by atoms with Gasteiger partial charge in [0, 0.05) is 31.6 Å². The van der Waals surface area contributed by atoms with Gasteiger partial charge in [-0.1, -0.05) is 17.7 Å². The van der Waals surface area contributed by atoms with E-state index in [2.05, 4.69) is 15.1 Å². The Morgan fingerprint density at radius 1 is 1.41 bits per heavy atom. The molecule has 22 heavy (non-hydrogen) atoms. The van der Waals surface area contributed by atoms with Crippen LogP contribution in [0.25, 0.3) is 0 Å². The van der Waals surface area contributed by atoms with Gasteiger partial charge in [0.15, 0.2) is 0 Å². The van der Waals surface area contributed by atoms with Crippen molar-refractivity contribution in [1.29, 1.82) is 0 Å². The maximum absolute atomic E-state index is 6.31. The molecular formula is C15H18ClN3O3. The topological polar surface area (TPSA) is 60.6 Å². The first-order valence-electron chi connectivity index (χ1n) is 7.12. The summed E-state index contributed by atoms with van der Waals surface area (Å²) >= 11 is 6.31. The van der Waals surface area contributed by atoms with Gasteiger partial charge in [0.2, 0.25) is 11.8 Å². The molecule has 1 aromatic carbocycles. The third-order valence-corrected chi connectivity index (χ3v) is 3.97. The molecule has 1 atom stereocenters. The highest BCUT2D eigenvalue weighted by molar-refractivity contribution is 6.31. The van der Waals surface area contributed by atoms with Crippen molar-refractivity contribution in [2.45, 2.75) is 19.6 Å². The van der Waals surface area contributed by atoms with Crippen LogP contribution >= 0.6 is 11.6 Å². The molecule has 0 saturated carbocycles. The van der Waals surface area contributed by atoms with Crippen molar-refractivity contribution in [1.82, 2.24) is 15.1 Å². The number of hydrogen-bond donors (Lipinski definition) is 0. The Hall–Kier alpha value is -1.63. The zero-order chi connectivity index (χ0) is 15.5. The SMILES string of the molecule is COc1ccc(CN2CCOC(c3nnc(C)o3)C2)c(Cl)c1. The van der Waals surface area contributed by atoms with Crippen molar-refractivity contribution < 1.29 is 13.9 Å². The highest BCUT2D eigenvalue weighted by atomic mass is 35.5. The normalized spacial score (nSPS) is 19.3. The Bertz CT molecular complexity index is 647. The second kappa shape index (κ2) is 6.64. The fourth-order valence-electron chi connectivity index (χ4n) is 2.46. The Kier molecular flexibility index (Phi) is 4.61. The lowest BCUT2D eigenvalue weighted by molar-refractivity contribution is -0.0457. The monoisotopic (exact) mass is 323 g/mol. The fourth-order valence-corrected chi connectivity index (χ4v) is 2.69. The quantitative estimate of drug-likeness (QED) is 0.862. The molecule has 1 aliphatic rings. The van der Waals surface area contributed by atoms with Gasteiger partial charge >= 0.3 is 0 Å². The van der Waals surface area contributed by atoms with Crippen LogP contribution in [0.15, 0.2) is 22.6 Å². The molecule has 1 unspecified atom stereocenters. The molecule has 1 aliphatic heterocycles. The van der Waals surface area contributed by atoms with Crippen LogP contribution in [-0.2, 0) is 11.3 Å². The molecule has 0 radical (unpaired) electrons. The van der Waals surface area contributed by atoms with Crippen LogP contribution < -0.4 is 4.74 Å². The summed E-state index contributed by atoms with van der Waals surface area (Å²) < 4.78 is 16.4. The van der Waals surface area contributed by atoms with Crippen molar-refractivity contribution in [2.24, 2.45) is 0 Å². The average Bonchev–Trinajstić information content (AvgIpc) is 2.96. The summed E-state index contributed by atoms with van der Waals surface area (Å²) in [5.41, 5.74) is 1.06. The minimum Gasteiger partial charge on any atom is -0.497 e. The third kappa shape index (κ3) is 3.40. The molecule has 1 fully saturated rings. The highest BCUT2D eigenvalue weighted by Gasteiger charge is 2.26. The summed E-state index contributed by atoms with van der Waals surface area (Å²) in [6, 6.07) is 5.74. The van der Waals surface area contributed by atoms with E-state index in [0.717, 1.165) is 24.4 Å². The number of hydrogen-bond acceptors (Lipinski definition) is 6. The largest absolute Gasteiger partial charge is 0.497 e. The van der Waals surface area contributed by atoms with Gasteiger partial charge in [-0.2, -0.15) is 0 Å². The van der Waals surface area contributed by atoms with E-state index in [0.29, 0.717) is 30.0 Å². The smallest absolute Gasteiger partial charge is 0.246 e. The zero-order valence-corrected chi connectivity index (χ0v) is 13.3. The van der Waals surface area contributed by atoms with E-state index in [1.54, 1.807) is 14.0 Å². The second-order valence-corrected chi connectivity index (χ2v) is 5.62. The van der Waals surface area contributed by atoms with E-state index < -0.39 is 0 Å². The van der Waals surface area contributed by atoms with Crippen LogP contribution in [0.3, 0.4) is 0 Å². The van der Waals surface area contributed by atoms with Crippen molar-refractivity contribution in [3.63, 3.8) is 0 Å². The van der Waals surface area contributed by atoms with E-state index in [4.69, 9.17) is 25.5 Å². The molecule has 0 bridgehead atoms. The maximum atomic E-state index is 6.31. The minimum atomic E-state index is -0.188. The van der Waals surface area contributed by atoms with Crippen LogP contribution in [0.1, 0.15) is 23.4 Å². The molecule has 7 heteroatoms. The number of aryl methyl sites for hydroxylation is 1. The lowest BCUT2D eigenvalue weighted by Crippen LogP contribution is -2.38. The van der Waals surface area contributed by atoms with Crippen LogP contribution in [0.5, 0.6) is 5.75 Å². The molecule has 1 aromatic heterocycles. The summed E-state index contributed by atoms with van der Waals surface area (Å²) in [6.07, 6.45) is -0.188. The number of benzene rings is 1. The number of aromatic nitrogens is 2. The van der Waals surface area contributed by atoms with Gasteiger partial charge in [0.1, 0.15) is 11.9 Å². The molecular weight excluding hydrogens is 306 g/mol. The Morgan fingerprint density at radius 3 is 2.95 bits per heavy atom. The van der Waals surface area contributed by atoms with E-state index in [1.807, 2.05) is 18.2 Å². The van der Waals surface area contributed by atoms with Crippen LogP contribution in [0, 0.1) is 6.92 Å². The molecule has 2 heterocycles. The Labute approximate surface area is 134 Å². The summed E-state index contributed by atoms with van der Waals surface area (Å²) in [4.78, 5) is 2.27. The number of nitrogens with zero attached hydrogens (tertiary/aromatic N) is 3. The number of ether oxygens (including phenoxy) is 2. The van der Waals surface area contributed by atoms with Crippen molar-refractivity contribution in [3.8, 4) is 5.75 Å².